The highest BCUT2D eigenvalue weighted by Crippen LogP contribution is 2.20. The molecular formula is C20H22N2O2. The number of para-hydroxylation sites is 1. The van der Waals surface area contributed by atoms with Crippen LogP contribution < -0.4 is 10.1 Å². The molecule has 0 bridgehead atoms. The van der Waals surface area contributed by atoms with Crippen molar-refractivity contribution in [1.29, 1.82) is 0 Å². The van der Waals surface area contributed by atoms with Crippen molar-refractivity contribution in [2.24, 2.45) is 0 Å². The fourth-order valence-corrected chi connectivity index (χ4v) is 2.92. The largest absolute Gasteiger partial charge is 0.496 e. The van der Waals surface area contributed by atoms with Gasteiger partial charge in [-0.1, -0.05) is 29.8 Å². The van der Waals surface area contributed by atoms with Crippen LogP contribution in [0.25, 0.3) is 10.9 Å². The first kappa shape index (κ1) is 16.1. The molecule has 0 unspecified atom stereocenters. The Morgan fingerprint density at radius 1 is 1.17 bits per heavy atom. The third-order valence-electron chi connectivity index (χ3n) is 4.18. The summed E-state index contributed by atoms with van der Waals surface area (Å²) in [5.74, 6) is 0.760. The first-order chi connectivity index (χ1) is 11.7. The molecule has 0 aliphatic rings. The van der Waals surface area contributed by atoms with Crippen molar-refractivity contribution < 1.29 is 9.53 Å². The van der Waals surface area contributed by atoms with E-state index in [1.165, 1.54) is 16.5 Å². The van der Waals surface area contributed by atoms with E-state index < -0.39 is 0 Å². The predicted octanol–water partition coefficient (Wildman–Crippen LogP) is 3.39. The number of methoxy groups -OCH3 is 1. The lowest BCUT2D eigenvalue weighted by molar-refractivity contribution is -0.120. The summed E-state index contributed by atoms with van der Waals surface area (Å²) in [7, 11) is 1.62. The van der Waals surface area contributed by atoms with E-state index in [-0.39, 0.29) is 5.91 Å². The first-order valence-corrected chi connectivity index (χ1v) is 8.12. The highest BCUT2D eigenvalue weighted by Gasteiger charge is 2.09. The van der Waals surface area contributed by atoms with E-state index in [1.54, 1.807) is 7.11 Å². The maximum atomic E-state index is 12.2. The molecule has 124 valence electrons. The summed E-state index contributed by atoms with van der Waals surface area (Å²) < 4.78 is 5.28. The lowest BCUT2D eigenvalue weighted by Gasteiger charge is -2.08. The first-order valence-electron chi connectivity index (χ1n) is 8.12. The Hall–Kier alpha value is -2.75. The van der Waals surface area contributed by atoms with Crippen LogP contribution in [0.1, 0.15) is 16.7 Å². The highest BCUT2D eigenvalue weighted by molar-refractivity contribution is 5.84. The van der Waals surface area contributed by atoms with Crippen molar-refractivity contribution in [1.82, 2.24) is 10.3 Å². The lowest BCUT2D eigenvalue weighted by atomic mass is 10.1. The molecule has 2 aromatic carbocycles. The molecular weight excluding hydrogens is 300 g/mol. The van der Waals surface area contributed by atoms with Crippen molar-refractivity contribution >= 4 is 16.8 Å². The Morgan fingerprint density at radius 3 is 2.83 bits per heavy atom. The van der Waals surface area contributed by atoms with Crippen LogP contribution in [0.3, 0.4) is 0 Å². The summed E-state index contributed by atoms with van der Waals surface area (Å²) in [6.07, 6.45) is 3.16. The maximum Gasteiger partial charge on any atom is 0.224 e. The number of aryl methyl sites for hydroxylation is 1. The summed E-state index contributed by atoms with van der Waals surface area (Å²) >= 11 is 0. The number of rotatable bonds is 6. The predicted molar refractivity (Wildman–Crippen MR) is 96.4 cm³/mol. The van der Waals surface area contributed by atoms with Gasteiger partial charge in [-0.15, -0.1) is 0 Å². The number of carbonyl (C=O) groups excluding carboxylic acids is 1. The average molecular weight is 322 g/mol. The van der Waals surface area contributed by atoms with Crippen molar-refractivity contribution in [2.45, 2.75) is 19.8 Å². The molecule has 0 saturated heterocycles. The van der Waals surface area contributed by atoms with Gasteiger partial charge in [-0.05, 0) is 37.1 Å². The molecule has 24 heavy (non-hydrogen) atoms. The van der Waals surface area contributed by atoms with E-state index in [9.17, 15) is 4.79 Å². The van der Waals surface area contributed by atoms with Crippen LogP contribution in [-0.4, -0.2) is 24.5 Å². The number of hydrogen-bond acceptors (Lipinski definition) is 2. The summed E-state index contributed by atoms with van der Waals surface area (Å²) in [6.45, 7) is 2.71. The third-order valence-corrected chi connectivity index (χ3v) is 4.18. The number of ether oxygens (including phenoxy) is 1. The van der Waals surface area contributed by atoms with Crippen LogP contribution in [0.15, 0.2) is 48.7 Å². The summed E-state index contributed by atoms with van der Waals surface area (Å²) in [4.78, 5) is 15.4. The van der Waals surface area contributed by atoms with Crippen molar-refractivity contribution in [3.8, 4) is 5.75 Å². The standard InChI is InChI=1S/C20H22N2O2/c1-14-7-8-18-17(11-14)16(13-22-18)9-10-21-20(23)12-15-5-3-4-6-19(15)24-2/h3-8,11,13,22H,9-10,12H2,1-2H3,(H,21,23). The number of fused-ring (bicyclic) bond motifs is 1. The average Bonchev–Trinajstić information content (AvgIpc) is 2.97. The second-order valence-electron chi connectivity index (χ2n) is 5.95. The number of amides is 1. The number of benzene rings is 2. The Bertz CT molecular complexity index is 852. The molecule has 0 atom stereocenters. The van der Waals surface area contributed by atoms with E-state index in [1.807, 2.05) is 30.5 Å². The monoisotopic (exact) mass is 322 g/mol. The minimum Gasteiger partial charge on any atom is -0.496 e. The summed E-state index contributed by atoms with van der Waals surface area (Å²) in [5.41, 5.74) is 4.51. The fourth-order valence-electron chi connectivity index (χ4n) is 2.92. The number of nitrogens with one attached hydrogen (secondary N) is 2. The van der Waals surface area contributed by atoms with Gasteiger partial charge in [0.2, 0.25) is 5.91 Å². The van der Waals surface area contributed by atoms with Gasteiger partial charge in [-0.2, -0.15) is 0 Å². The number of hydrogen-bond donors (Lipinski definition) is 2. The quantitative estimate of drug-likeness (QED) is 0.731. The summed E-state index contributed by atoms with van der Waals surface area (Å²) in [6, 6.07) is 14.0. The second kappa shape index (κ2) is 7.21. The molecule has 3 aromatic rings. The molecule has 4 heteroatoms. The molecule has 0 aliphatic carbocycles. The number of aromatic nitrogens is 1. The summed E-state index contributed by atoms with van der Waals surface area (Å²) in [5, 5.41) is 4.22. The molecule has 4 nitrogen and oxygen atoms in total. The van der Waals surface area contributed by atoms with E-state index >= 15 is 0 Å². The smallest absolute Gasteiger partial charge is 0.224 e. The van der Waals surface area contributed by atoms with Gasteiger partial charge in [-0.3, -0.25) is 4.79 Å². The van der Waals surface area contributed by atoms with Crippen molar-refractivity contribution in [2.75, 3.05) is 13.7 Å². The van der Waals surface area contributed by atoms with Crippen molar-refractivity contribution in [3.05, 3.63) is 65.4 Å². The number of H-pyrrole nitrogens is 1. The molecule has 0 fully saturated rings. The molecule has 1 aromatic heterocycles. The molecule has 0 aliphatic heterocycles. The number of carbonyl (C=O) groups is 1. The van der Waals surface area contributed by atoms with E-state index in [2.05, 4.69) is 35.4 Å². The van der Waals surface area contributed by atoms with Crippen LogP contribution >= 0.6 is 0 Å². The molecule has 0 spiro atoms. The van der Waals surface area contributed by atoms with Gasteiger partial charge in [-0.25, -0.2) is 0 Å². The van der Waals surface area contributed by atoms with Gasteiger partial charge in [0.25, 0.3) is 0 Å². The molecule has 1 heterocycles. The van der Waals surface area contributed by atoms with Gasteiger partial charge in [0.1, 0.15) is 5.75 Å². The second-order valence-corrected chi connectivity index (χ2v) is 5.95. The fraction of sp³-hybridized carbons (Fsp3) is 0.250. The molecule has 0 saturated carbocycles. The van der Waals surface area contributed by atoms with Crippen molar-refractivity contribution in [3.63, 3.8) is 0 Å². The zero-order valence-electron chi connectivity index (χ0n) is 14.1. The maximum absolute atomic E-state index is 12.2. The van der Waals surface area contributed by atoms with Crippen LogP contribution in [0, 0.1) is 6.92 Å². The Kier molecular flexibility index (Phi) is 4.85. The third kappa shape index (κ3) is 3.59. The molecule has 2 N–H and O–H groups in total. The Labute approximate surface area is 141 Å². The van der Waals surface area contributed by atoms with Crippen LogP contribution in [-0.2, 0) is 17.6 Å². The van der Waals surface area contributed by atoms with Gasteiger partial charge in [0, 0.05) is 29.2 Å². The van der Waals surface area contributed by atoms with Crippen LogP contribution in [0.4, 0.5) is 0 Å². The topological polar surface area (TPSA) is 54.1 Å². The van der Waals surface area contributed by atoms with Crippen LogP contribution in [0.2, 0.25) is 0 Å². The minimum atomic E-state index is 0.00974. The van der Waals surface area contributed by atoms with E-state index in [0.717, 1.165) is 23.3 Å². The SMILES string of the molecule is COc1ccccc1CC(=O)NCCc1c[nH]c2ccc(C)cc12. The normalized spacial score (nSPS) is 10.8. The Balaban J connectivity index is 1.57. The van der Waals surface area contributed by atoms with E-state index in [0.29, 0.717) is 13.0 Å². The highest BCUT2D eigenvalue weighted by atomic mass is 16.5. The minimum absolute atomic E-state index is 0.00974. The zero-order valence-corrected chi connectivity index (χ0v) is 14.1. The van der Waals surface area contributed by atoms with Gasteiger partial charge >= 0.3 is 0 Å². The number of aromatic amines is 1. The van der Waals surface area contributed by atoms with Gasteiger partial charge in [0.05, 0.1) is 13.5 Å². The molecule has 1 amide bonds. The van der Waals surface area contributed by atoms with Crippen LogP contribution in [0.5, 0.6) is 5.75 Å². The lowest BCUT2D eigenvalue weighted by Crippen LogP contribution is -2.27. The van der Waals surface area contributed by atoms with E-state index in [4.69, 9.17) is 4.74 Å². The molecule has 3 rings (SSSR count). The van der Waals surface area contributed by atoms with Gasteiger partial charge < -0.3 is 15.0 Å². The van der Waals surface area contributed by atoms with Gasteiger partial charge in [0.15, 0.2) is 0 Å². The molecule has 0 radical (unpaired) electrons. The Morgan fingerprint density at radius 2 is 2.00 bits per heavy atom. The zero-order chi connectivity index (χ0) is 16.9.